The summed E-state index contributed by atoms with van der Waals surface area (Å²) in [5.74, 6) is -0.0395. The Labute approximate surface area is 134 Å². The Balaban J connectivity index is 1.97. The van der Waals surface area contributed by atoms with Crippen LogP contribution in [0.25, 0.3) is 0 Å². The Hall–Kier alpha value is -2.14. The fraction of sp³-hybridized carbons (Fsp3) is 0.294. The lowest BCUT2D eigenvalue weighted by molar-refractivity contribution is -0.115. The fourth-order valence-electron chi connectivity index (χ4n) is 2.17. The summed E-state index contributed by atoms with van der Waals surface area (Å²) in [7, 11) is 0. The molecule has 0 radical (unpaired) electrons. The molecule has 0 saturated carbocycles. The molecule has 1 aromatic carbocycles. The first-order valence-electron chi connectivity index (χ1n) is 7.34. The topological polar surface area (TPSA) is 49.4 Å². The van der Waals surface area contributed by atoms with Crippen LogP contribution < -0.4 is 5.32 Å². The third kappa shape index (κ3) is 4.18. The van der Waals surface area contributed by atoms with Crippen molar-refractivity contribution in [3.05, 3.63) is 52.2 Å². The van der Waals surface area contributed by atoms with Crippen molar-refractivity contribution in [1.82, 2.24) is 4.90 Å². The Kier molecular flexibility index (Phi) is 5.72. The van der Waals surface area contributed by atoms with E-state index >= 15 is 0 Å². The van der Waals surface area contributed by atoms with E-state index < -0.39 is 0 Å². The van der Waals surface area contributed by atoms with Crippen molar-refractivity contribution in [3.8, 4) is 0 Å². The highest BCUT2D eigenvalue weighted by Gasteiger charge is 2.12. The van der Waals surface area contributed by atoms with Gasteiger partial charge in [0.05, 0.1) is 6.42 Å². The van der Waals surface area contributed by atoms with Crippen LogP contribution in [0.3, 0.4) is 0 Å². The molecule has 22 heavy (non-hydrogen) atoms. The molecule has 0 aliphatic heterocycles. The third-order valence-electron chi connectivity index (χ3n) is 3.41. The van der Waals surface area contributed by atoms with Crippen LogP contribution in [0.1, 0.15) is 29.8 Å². The summed E-state index contributed by atoms with van der Waals surface area (Å²) in [6.07, 6.45) is 0.365. The van der Waals surface area contributed by atoms with Crippen molar-refractivity contribution >= 4 is 28.8 Å². The minimum Gasteiger partial charge on any atom is -0.339 e. The van der Waals surface area contributed by atoms with Gasteiger partial charge in [-0.15, -0.1) is 0 Å². The van der Waals surface area contributed by atoms with Gasteiger partial charge in [0.15, 0.2) is 0 Å². The monoisotopic (exact) mass is 316 g/mol. The van der Waals surface area contributed by atoms with Gasteiger partial charge in [0, 0.05) is 24.3 Å². The minimum absolute atomic E-state index is 0.0150. The summed E-state index contributed by atoms with van der Waals surface area (Å²) in [6.45, 7) is 5.30. The molecule has 0 atom stereocenters. The Morgan fingerprint density at radius 3 is 2.32 bits per heavy atom. The second-order valence-electron chi connectivity index (χ2n) is 4.91. The number of hydrogen-bond donors (Lipinski definition) is 1. The van der Waals surface area contributed by atoms with Gasteiger partial charge in [-0.2, -0.15) is 11.3 Å². The standard InChI is InChI=1S/C17H20N2O2S/c1-3-19(4-2)17(21)14-5-7-15(8-6-14)18-16(20)11-13-9-10-22-12-13/h5-10,12H,3-4,11H2,1-2H3,(H,18,20). The van der Waals surface area contributed by atoms with E-state index in [1.165, 1.54) is 0 Å². The van der Waals surface area contributed by atoms with Crippen molar-refractivity contribution in [2.75, 3.05) is 18.4 Å². The van der Waals surface area contributed by atoms with Crippen LogP contribution in [-0.4, -0.2) is 29.8 Å². The zero-order chi connectivity index (χ0) is 15.9. The van der Waals surface area contributed by atoms with E-state index in [0.717, 1.165) is 5.56 Å². The van der Waals surface area contributed by atoms with Crippen LogP contribution in [-0.2, 0) is 11.2 Å². The summed E-state index contributed by atoms with van der Waals surface area (Å²) in [5, 5.41) is 6.76. The lowest BCUT2D eigenvalue weighted by atomic mass is 10.1. The molecular formula is C17H20N2O2S. The van der Waals surface area contributed by atoms with E-state index in [-0.39, 0.29) is 11.8 Å². The SMILES string of the molecule is CCN(CC)C(=O)c1ccc(NC(=O)Cc2ccsc2)cc1. The number of amides is 2. The van der Waals surface area contributed by atoms with E-state index in [1.54, 1.807) is 40.5 Å². The van der Waals surface area contributed by atoms with Crippen molar-refractivity contribution in [1.29, 1.82) is 0 Å². The zero-order valence-corrected chi connectivity index (χ0v) is 13.7. The van der Waals surface area contributed by atoms with Gasteiger partial charge >= 0.3 is 0 Å². The van der Waals surface area contributed by atoms with E-state index in [4.69, 9.17) is 0 Å². The van der Waals surface area contributed by atoms with Crippen LogP contribution in [0, 0.1) is 0 Å². The number of thiophene rings is 1. The molecule has 0 aliphatic rings. The number of carbonyl (C=O) groups is 2. The van der Waals surface area contributed by atoms with Gasteiger partial charge in [0.25, 0.3) is 5.91 Å². The van der Waals surface area contributed by atoms with Gasteiger partial charge < -0.3 is 10.2 Å². The maximum absolute atomic E-state index is 12.2. The van der Waals surface area contributed by atoms with Gasteiger partial charge in [-0.05, 0) is 60.5 Å². The lowest BCUT2D eigenvalue weighted by Crippen LogP contribution is -2.30. The van der Waals surface area contributed by atoms with Crippen LogP contribution in [0.4, 0.5) is 5.69 Å². The Morgan fingerprint density at radius 2 is 1.77 bits per heavy atom. The molecular weight excluding hydrogens is 296 g/mol. The van der Waals surface area contributed by atoms with Gasteiger partial charge in [-0.25, -0.2) is 0 Å². The molecule has 0 spiro atoms. The normalized spacial score (nSPS) is 10.3. The molecule has 0 saturated heterocycles. The number of carbonyl (C=O) groups excluding carboxylic acids is 2. The largest absolute Gasteiger partial charge is 0.339 e. The number of hydrogen-bond acceptors (Lipinski definition) is 3. The highest BCUT2D eigenvalue weighted by molar-refractivity contribution is 7.08. The molecule has 2 aromatic rings. The predicted molar refractivity (Wildman–Crippen MR) is 90.3 cm³/mol. The molecule has 0 unspecified atom stereocenters. The Morgan fingerprint density at radius 1 is 1.09 bits per heavy atom. The predicted octanol–water partition coefficient (Wildman–Crippen LogP) is 3.41. The van der Waals surface area contributed by atoms with Crippen molar-refractivity contribution in [3.63, 3.8) is 0 Å². The molecule has 1 heterocycles. The highest BCUT2D eigenvalue weighted by atomic mass is 32.1. The maximum atomic E-state index is 12.2. The van der Waals surface area contributed by atoms with Gasteiger partial charge in [0.2, 0.25) is 5.91 Å². The highest BCUT2D eigenvalue weighted by Crippen LogP contribution is 2.13. The number of nitrogens with zero attached hydrogens (tertiary/aromatic N) is 1. The molecule has 1 N–H and O–H groups in total. The van der Waals surface area contributed by atoms with Gasteiger partial charge in [-0.3, -0.25) is 9.59 Å². The number of anilines is 1. The smallest absolute Gasteiger partial charge is 0.253 e. The molecule has 2 amide bonds. The summed E-state index contributed by atoms with van der Waals surface area (Å²) in [5.41, 5.74) is 2.35. The van der Waals surface area contributed by atoms with Crippen molar-refractivity contribution in [2.45, 2.75) is 20.3 Å². The molecule has 5 heteroatoms. The molecule has 4 nitrogen and oxygen atoms in total. The third-order valence-corrected chi connectivity index (χ3v) is 4.14. The number of nitrogens with one attached hydrogen (secondary N) is 1. The molecule has 1 aromatic heterocycles. The van der Waals surface area contributed by atoms with Crippen molar-refractivity contribution in [2.24, 2.45) is 0 Å². The lowest BCUT2D eigenvalue weighted by Gasteiger charge is -2.18. The second-order valence-corrected chi connectivity index (χ2v) is 5.69. The number of rotatable bonds is 6. The van der Waals surface area contributed by atoms with Crippen LogP contribution in [0.15, 0.2) is 41.1 Å². The average molecular weight is 316 g/mol. The van der Waals surface area contributed by atoms with Gasteiger partial charge in [-0.1, -0.05) is 0 Å². The maximum Gasteiger partial charge on any atom is 0.253 e. The molecule has 2 rings (SSSR count). The average Bonchev–Trinajstić information content (AvgIpc) is 3.02. The van der Waals surface area contributed by atoms with E-state index in [9.17, 15) is 9.59 Å². The second kappa shape index (κ2) is 7.75. The van der Waals surface area contributed by atoms with Crippen LogP contribution >= 0.6 is 11.3 Å². The molecule has 116 valence electrons. The molecule has 0 bridgehead atoms. The summed E-state index contributed by atoms with van der Waals surface area (Å²) >= 11 is 1.58. The van der Waals surface area contributed by atoms with Crippen molar-refractivity contribution < 1.29 is 9.59 Å². The van der Waals surface area contributed by atoms with Crippen LogP contribution in [0.2, 0.25) is 0 Å². The molecule has 0 fully saturated rings. The van der Waals surface area contributed by atoms with E-state index in [2.05, 4.69) is 5.32 Å². The summed E-state index contributed by atoms with van der Waals surface area (Å²) < 4.78 is 0. The van der Waals surface area contributed by atoms with Crippen LogP contribution in [0.5, 0.6) is 0 Å². The first kappa shape index (κ1) is 16.2. The quantitative estimate of drug-likeness (QED) is 0.888. The first-order chi connectivity index (χ1) is 10.6. The zero-order valence-electron chi connectivity index (χ0n) is 12.8. The first-order valence-corrected chi connectivity index (χ1v) is 8.28. The summed E-state index contributed by atoms with van der Waals surface area (Å²) in [6, 6.07) is 8.97. The van der Waals surface area contributed by atoms with Gasteiger partial charge in [0.1, 0.15) is 0 Å². The summed E-state index contributed by atoms with van der Waals surface area (Å²) in [4.78, 5) is 25.9. The Bertz CT molecular complexity index is 617. The molecule has 0 aliphatic carbocycles. The minimum atomic E-state index is -0.0544. The van der Waals surface area contributed by atoms with E-state index in [0.29, 0.717) is 30.8 Å². The number of benzene rings is 1. The fourth-order valence-corrected chi connectivity index (χ4v) is 2.84. The van der Waals surface area contributed by atoms with E-state index in [1.807, 2.05) is 30.7 Å².